The number of hydrogen-bond donors (Lipinski definition) is 0. The molecular formula is C29H26ClNO4. The van der Waals surface area contributed by atoms with E-state index in [0.717, 1.165) is 16.5 Å². The molecule has 0 aliphatic rings. The lowest BCUT2D eigenvalue weighted by Gasteiger charge is -2.19. The molecule has 0 radical (unpaired) electrons. The molecular weight excluding hydrogens is 462 g/mol. The maximum atomic E-state index is 13.4. The SMILES string of the molecule is COc1ccccc1C(=O)CC(CC(=O)c1ccccc1OC)c1cc2cc(C)ccc2nc1Cl. The first-order chi connectivity index (χ1) is 16.9. The zero-order valence-corrected chi connectivity index (χ0v) is 20.6. The van der Waals surface area contributed by atoms with Crippen LogP contribution in [0.25, 0.3) is 10.9 Å². The van der Waals surface area contributed by atoms with Crippen molar-refractivity contribution in [3.8, 4) is 11.5 Å². The van der Waals surface area contributed by atoms with Crippen molar-refractivity contribution >= 4 is 34.1 Å². The van der Waals surface area contributed by atoms with E-state index in [0.29, 0.717) is 28.2 Å². The Hall–Kier alpha value is -3.70. The number of benzene rings is 3. The molecule has 0 saturated carbocycles. The van der Waals surface area contributed by atoms with Crippen LogP contribution in [0.2, 0.25) is 5.15 Å². The molecule has 4 rings (SSSR count). The quantitative estimate of drug-likeness (QED) is 0.191. The Morgan fingerprint density at radius 1 is 0.829 bits per heavy atom. The Labute approximate surface area is 209 Å². The van der Waals surface area contributed by atoms with Crippen molar-refractivity contribution in [2.24, 2.45) is 0 Å². The van der Waals surface area contributed by atoms with E-state index >= 15 is 0 Å². The fourth-order valence-electron chi connectivity index (χ4n) is 4.28. The van der Waals surface area contributed by atoms with Gasteiger partial charge in [-0.3, -0.25) is 9.59 Å². The van der Waals surface area contributed by atoms with Crippen LogP contribution in [0.1, 0.15) is 50.6 Å². The third kappa shape index (κ3) is 5.36. The number of carbonyl (C=O) groups excluding carboxylic acids is 2. The van der Waals surface area contributed by atoms with Gasteiger partial charge in [0, 0.05) is 24.1 Å². The molecule has 0 aliphatic carbocycles. The second-order valence-corrected chi connectivity index (χ2v) is 8.77. The van der Waals surface area contributed by atoms with Crippen LogP contribution in [0.15, 0.2) is 72.8 Å². The lowest BCUT2D eigenvalue weighted by atomic mass is 9.86. The van der Waals surface area contributed by atoms with Crippen molar-refractivity contribution < 1.29 is 19.1 Å². The van der Waals surface area contributed by atoms with Crippen LogP contribution in [0, 0.1) is 6.92 Å². The highest BCUT2D eigenvalue weighted by atomic mass is 35.5. The number of Topliss-reactive ketones (excluding diaryl/α,β-unsaturated/α-hetero) is 2. The second kappa shape index (κ2) is 10.7. The first kappa shape index (κ1) is 24.4. The van der Waals surface area contributed by atoms with Crippen molar-refractivity contribution in [1.82, 2.24) is 4.98 Å². The van der Waals surface area contributed by atoms with Gasteiger partial charge in [-0.25, -0.2) is 4.98 Å². The molecule has 5 nitrogen and oxygen atoms in total. The molecule has 0 N–H and O–H groups in total. The topological polar surface area (TPSA) is 65.5 Å². The molecule has 0 amide bonds. The third-order valence-corrected chi connectivity index (χ3v) is 6.37. The maximum Gasteiger partial charge on any atom is 0.167 e. The number of ketones is 2. The molecule has 6 heteroatoms. The third-order valence-electron chi connectivity index (χ3n) is 6.07. The van der Waals surface area contributed by atoms with Gasteiger partial charge in [-0.2, -0.15) is 0 Å². The standard InChI is InChI=1S/C29H26ClNO4/c1-18-12-13-24-20(14-18)15-23(29(30)31-24)19(16-25(32)21-8-4-6-10-27(21)34-2)17-26(33)22-9-5-7-11-28(22)35-3/h4-15,19H,16-17H2,1-3H3. The summed E-state index contributed by atoms with van der Waals surface area (Å²) in [5, 5.41) is 1.19. The largest absolute Gasteiger partial charge is 0.496 e. The van der Waals surface area contributed by atoms with Gasteiger partial charge in [0.15, 0.2) is 11.6 Å². The van der Waals surface area contributed by atoms with Crippen molar-refractivity contribution in [2.75, 3.05) is 14.2 Å². The maximum absolute atomic E-state index is 13.4. The monoisotopic (exact) mass is 487 g/mol. The number of nitrogens with zero attached hydrogens (tertiary/aromatic N) is 1. The smallest absolute Gasteiger partial charge is 0.167 e. The molecule has 3 aromatic carbocycles. The highest BCUT2D eigenvalue weighted by Gasteiger charge is 2.26. The number of para-hydroxylation sites is 2. The summed E-state index contributed by atoms with van der Waals surface area (Å²) in [5.74, 6) is 0.215. The van der Waals surface area contributed by atoms with Crippen molar-refractivity contribution in [3.63, 3.8) is 0 Å². The summed E-state index contributed by atoms with van der Waals surface area (Å²) < 4.78 is 10.8. The summed E-state index contributed by atoms with van der Waals surface area (Å²) >= 11 is 6.63. The van der Waals surface area contributed by atoms with Crippen LogP contribution in [0.5, 0.6) is 11.5 Å². The van der Waals surface area contributed by atoms with Crippen LogP contribution in [0.3, 0.4) is 0 Å². The minimum absolute atomic E-state index is 0.0694. The summed E-state index contributed by atoms with van der Waals surface area (Å²) in [6.45, 7) is 2.00. The van der Waals surface area contributed by atoms with E-state index in [1.54, 1.807) is 36.4 Å². The number of ether oxygens (including phenoxy) is 2. The number of methoxy groups -OCH3 is 2. The Morgan fingerprint density at radius 2 is 1.37 bits per heavy atom. The van der Waals surface area contributed by atoms with Crippen LogP contribution >= 0.6 is 11.6 Å². The van der Waals surface area contributed by atoms with E-state index < -0.39 is 5.92 Å². The summed E-state index contributed by atoms with van der Waals surface area (Å²) in [6.07, 6.45) is 0.139. The molecule has 35 heavy (non-hydrogen) atoms. The molecule has 0 saturated heterocycles. The molecule has 0 spiro atoms. The van der Waals surface area contributed by atoms with Crippen LogP contribution < -0.4 is 9.47 Å². The van der Waals surface area contributed by atoms with Crippen molar-refractivity contribution in [1.29, 1.82) is 0 Å². The number of rotatable bonds is 9. The number of fused-ring (bicyclic) bond motifs is 1. The molecule has 178 valence electrons. The normalized spacial score (nSPS) is 11.0. The predicted molar refractivity (Wildman–Crippen MR) is 138 cm³/mol. The summed E-state index contributed by atoms with van der Waals surface area (Å²) in [6, 6.07) is 22.0. The molecule has 0 fully saturated rings. The molecule has 4 aromatic rings. The molecule has 0 aliphatic heterocycles. The van der Waals surface area contributed by atoms with Gasteiger partial charge in [0.25, 0.3) is 0 Å². The van der Waals surface area contributed by atoms with E-state index in [-0.39, 0.29) is 29.6 Å². The molecule has 0 atom stereocenters. The van der Waals surface area contributed by atoms with Crippen molar-refractivity contribution in [2.45, 2.75) is 25.7 Å². The highest BCUT2D eigenvalue weighted by molar-refractivity contribution is 6.30. The summed E-state index contributed by atoms with van der Waals surface area (Å²) in [4.78, 5) is 31.4. The van der Waals surface area contributed by atoms with E-state index in [1.165, 1.54) is 14.2 Å². The van der Waals surface area contributed by atoms with E-state index in [9.17, 15) is 9.59 Å². The van der Waals surface area contributed by atoms with Gasteiger partial charge >= 0.3 is 0 Å². The number of carbonyl (C=O) groups is 2. The molecule has 1 aromatic heterocycles. The first-order valence-corrected chi connectivity index (χ1v) is 11.7. The minimum atomic E-state index is -0.491. The van der Waals surface area contributed by atoms with Crippen molar-refractivity contribution in [3.05, 3.63) is 100 Å². The van der Waals surface area contributed by atoms with Gasteiger partial charge in [-0.15, -0.1) is 0 Å². The first-order valence-electron chi connectivity index (χ1n) is 11.3. The summed E-state index contributed by atoms with van der Waals surface area (Å²) in [7, 11) is 3.06. The van der Waals surface area contributed by atoms with E-state index in [1.807, 2.05) is 43.3 Å². The second-order valence-electron chi connectivity index (χ2n) is 8.42. The van der Waals surface area contributed by atoms with Crippen LogP contribution in [-0.4, -0.2) is 30.8 Å². The zero-order chi connectivity index (χ0) is 24.9. The minimum Gasteiger partial charge on any atom is -0.496 e. The van der Waals surface area contributed by atoms with E-state index in [2.05, 4.69) is 4.98 Å². The Bertz CT molecular complexity index is 1340. The van der Waals surface area contributed by atoms with Gasteiger partial charge in [0.1, 0.15) is 16.7 Å². The number of hydrogen-bond acceptors (Lipinski definition) is 5. The van der Waals surface area contributed by atoms with Crippen LogP contribution in [0.4, 0.5) is 0 Å². The summed E-state index contributed by atoms with van der Waals surface area (Å²) in [5.41, 5.74) is 3.43. The van der Waals surface area contributed by atoms with Crippen LogP contribution in [-0.2, 0) is 0 Å². The Kier molecular flexibility index (Phi) is 7.47. The van der Waals surface area contributed by atoms with Gasteiger partial charge in [0.05, 0.1) is 30.9 Å². The average molecular weight is 488 g/mol. The molecule has 1 heterocycles. The number of aromatic nitrogens is 1. The van der Waals surface area contributed by atoms with Gasteiger partial charge in [-0.05, 0) is 55.0 Å². The number of aryl methyl sites for hydroxylation is 1. The number of halogens is 1. The van der Waals surface area contributed by atoms with E-state index in [4.69, 9.17) is 21.1 Å². The fourth-order valence-corrected chi connectivity index (χ4v) is 4.58. The van der Waals surface area contributed by atoms with Gasteiger partial charge in [-0.1, -0.05) is 47.5 Å². The lowest BCUT2D eigenvalue weighted by molar-refractivity contribution is 0.0941. The highest BCUT2D eigenvalue weighted by Crippen LogP contribution is 2.35. The Balaban J connectivity index is 1.76. The lowest BCUT2D eigenvalue weighted by Crippen LogP contribution is -2.14. The predicted octanol–water partition coefficient (Wildman–Crippen LogP) is 6.84. The van der Waals surface area contributed by atoms with Gasteiger partial charge in [0.2, 0.25) is 0 Å². The van der Waals surface area contributed by atoms with Gasteiger partial charge < -0.3 is 9.47 Å². The molecule has 0 bridgehead atoms. The fraction of sp³-hybridized carbons (Fsp3) is 0.207. The average Bonchev–Trinajstić information content (AvgIpc) is 2.87. The Morgan fingerprint density at radius 3 is 1.91 bits per heavy atom. The zero-order valence-electron chi connectivity index (χ0n) is 19.9. The molecule has 0 unspecified atom stereocenters. The number of pyridine rings is 1.